The molecule has 3 aromatic carbocycles. The number of ether oxygens (including phenoxy) is 2. The fraction of sp³-hybridized carbons (Fsp3) is 0.222. The number of hydrogen-bond acceptors (Lipinski definition) is 4. The summed E-state index contributed by atoms with van der Waals surface area (Å²) in [4.78, 5) is 11.1. The summed E-state index contributed by atoms with van der Waals surface area (Å²) in [7, 11) is 0. The standard InChI is InChI=1S/C27H26F3NO4/c1-2-3-16-31-23-10-4-19(5-11-23)18-34-25-14-8-21(17-22(25)9-15-26(32)33)20-6-12-24(13-7-20)35-27(28,29)30/h4-15,17,31H,2-3,16,18H2,1H3,(H,32,33)/b15-9+. The number of aliphatic carboxylic acids is 1. The van der Waals surface area contributed by atoms with E-state index in [2.05, 4.69) is 17.0 Å². The van der Waals surface area contributed by atoms with Crippen molar-refractivity contribution in [2.75, 3.05) is 11.9 Å². The van der Waals surface area contributed by atoms with Gasteiger partial charge in [0.2, 0.25) is 0 Å². The molecule has 0 saturated carbocycles. The van der Waals surface area contributed by atoms with Crippen LogP contribution in [-0.2, 0) is 11.4 Å². The minimum Gasteiger partial charge on any atom is -0.488 e. The number of carboxylic acid groups (broad SMARTS) is 1. The van der Waals surface area contributed by atoms with Gasteiger partial charge in [-0.3, -0.25) is 0 Å². The Morgan fingerprint density at radius 2 is 1.69 bits per heavy atom. The Balaban J connectivity index is 1.75. The number of nitrogens with one attached hydrogen (secondary N) is 1. The molecule has 3 rings (SSSR count). The molecule has 35 heavy (non-hydrogen) atoms. The van der Waals surface area contributed by atoms with Gasteiger partial charge in [-0.25, -0.2) is 4.79 Å². The van der Waals surface area contributed by atoms with E-state index in [0.717, 1.165) is 36.7 Å². The average molecular weight is 486 g/mol. The highest BCUT2D eigenvalue weighted by Crippen LogP contribution is 2.31. The summed E-state index contributed by atoms with van der Waals surface area (Å²) in [6.45, 7) is 3.33. The van der Waals surface area contributed by atoms with Crippen LogP contribution in [0.2, 0.25) is 0 Å². The number of unbranched alkanes of at least 4 members (excludes halogenated alkanes) is 1. The number of carboxylic acids is 1. The van der Waals surface area contributed by atoms with E-state index < -0.39 is 12.3 Å². The number of halogens is 3. The molecule has 184 valence electrons. The normalized spacial score (nSPS) is 11.4. The van der Waals surface area contributed by atoms with Crippen LogP contribution in [0.1, 0.15) is 30.9 Å². The lowest BCUT2D eigenvalue weighted by Crippen LogP contribution is -2.16. The van der Waals surface area contributed by atoms with Gasteiger partial charge in [0, 0.05) is 23.9 Å². The molecule has 0 atom stereocenters. The number of anilines is 1. The van der Waals surface area contributed by atoms with Gasteiger partial charge in [0.05, 0.1) is 0 Å². The molecule has 0 bridgehead atoms. The minimum atomic E-state index is -4.76. The second-order valence-corrected chi connectivity index (χ2v) is 7.76. The van der Waals surface area contributed by atoms with Gasteiger partial charge in [0.25, 0.3) is 0 Å². The molecular weight excluding hydrogens is 459 g/mol. The molecule has 0 heterocycles. The molecule has 5 nitrogen and oxygen atoms in total. The molecule has 0 fully saturated rings. The molecule has 3 aromatic rings. The van der Waals surface area contributed by atoms with E-state index in [1.807, 2.05) is 24.3 Å². The van der Waals surface area contributed by atoms with E-state index in [9.17, 15) is 18.0 Å². The first kappa shape index (κ1) is 25.7. The molecule has 0 aliphatic heterocycles. The molecule has 2 N–H and O–H groups in total. The average Bonchev–Trinajstić information content (AvgIpc) is 2.82. The Kier molecular flexibility index (Phi) is 8.78. The van der Waals surface area contributed by atoms with Gasteiger partial charge in [0.1, 0.15) is 18.1 Å². The van der Waals surface area contributed by atoms with Crippen molar-refractivity contribution in [1.29, 1.82) is 0 Å². The third-order valence-corrected chi connectivity index (χ3v) is 5.04. The maximum Gasteiger partial charge on any atom is 0.573 e. The van der Waals surface area contributed by atoms with Crippen LogP contribution < -0.4 is 14.8 Å². The van der Waals surface area contributed by atoms with E-state index in [1.165, 1.54) is 30.3 Å². The van der Waals surface area contributed by atoms with E-state index in [-0.39, 0.29) is 12.4 Å². The van der Waals surface area contributed by atoms with Crippen LogP contribution in [0.15, 0.2) is 72.8 Å². The third kappa shape index (κ3) is 8.41. The van der Waals surface area contributed by atoms with Crippen LogP contribution in [0.25, 0.3) is 17.2 Å². The molecule has 0 spiro atoms. The highest BCUT2D eigenvalue weighted by Gasteiger charge is 2.30. The van der Waals surface area contributed by atoms with Crippen molar-refractivity contribution in [2.24, 2.45) is 0 Å². The van der Waals surface area contributed by atoms with Crippen molar-refractivity contribution >= 4 is 17.7 Å². The second-order valence-electron chi connectivity index (χ2n) is 7.76. The summed E-state index contributed by atoms with van der Waals surface area (Å²) in [6.07, 6.45) is -0.125. The molecule has 0 saturated heterocycles. The molecular formula is C27H26F3NO4. The summed E-state index contributed by atoms with van der Waals surface area (Å²) in [6, 6.07) is 18.5. The van der Waals surface area contributed by atoms with Crippen molar-refractivity contribution in [1.82, 2.24) is 0 Å². The summed E-state index contributed by atoms with van der Waals surface area (Å²) in [5.41, 5.74) is 3.83. The van der Waals surface area contributed by atoms with Gasteiger partial charge in [-0.15, -0.1) is 13.2 Å². The van der Waals surface area contributed by atoms with Gasteiger partial charge in [-0.1, -0.05) is 43.7 Å². The van der Waals surface area contributed by atoms with Gasteiger partial charge in [-0.05, 0) is 65.6 Å². The lowest BCUT2D eigenvalue weighted by Gasteiger charge is -2.13. The fourth-order valence-electron chi connectivity index (χ4n) is 3.29. The van der Waals surface area contributed by atoms with E-state index >= 15 is 0 Å². The van der Waals surface area contributed by atoms with Gasteiger partial charge >= 0.3 is 12.3 Å². The quantitative estimate of drug-likeness (QED) is 0.223. The molecule has 0 aliphatic rings. The van der Waals surface area contributed by atoms with Crippen molar-refractivity contribution in [3.8, 4) is 22.6 Å². The van der Waals surface area contributed by atoms with Crippen LogP contribution in [-0.4, -0.2) is 24.0 Å². The molecule has 0 amide bonds. The van der Waals surface area contributed by atoms with Crippen LogP contribution in [0.4, 0.5) is 18.9 Å². The Morgan fingerprint density at radius 3 is 2.31 bits per heavy atom. The molecule has 0 aliphatic carbocycles. The molecule has 0 unspecified atom stereocenters. The van der Waals surface area contributed by atoms with Crippen molar-refractivity contribution in [2.45, 2.75) is 32.7 Å². The highest BCUT2D eigenvalue weighted by molar-refractivity contribution is 5.86. The van der Waals surface area contributed by atoms with Crippen molar-refractivity contribution < 1.29 is 32.5 Å². The van der Waals surface area contributed by atoms with Gasteiger partial charge in [-0.2, -0.15) is 0 Å². The number of hydrogen-bond donors (Lipinski definition) is 2. The maximum atomic E-state index is 12.4. The highest BCUT2D eigenvalue weighted by atomic mass is 19.4. The largest absolute Gasteiger partial charge is 0.573 e. The zero-order valence-corrected chi connectivity index (χ0v) is 19.1. The van der Waals surface area contributed by atoms with E-state index in [4.69, 9.17) is 9.84 Å². The Morgan fingerprint density at radius 1 is 1.00 bits per heavy atom. The van der Waals surface area contributed by atoms with E-state index in [1.54, 1.807) is 18.2 Å². The van der Waals surface area contributed by atoms with Crippen LogP contribution in [0.3, 0.4) is 0 Å². The second kappa shape index (κ2) is 12.0. The number of rotatable bonds is 11. The summed E-state index contributed by atoms with van der Waals surface area (Å²) in [5, 5.41) is 12.4. The topological polar surface area (TPSA) is 67.8 Å². The van der Waals surface area contributed by atoms with Crippen molar-refractivity contribution in [3.05, 3.63) is 83.9 Å². The van der Waals surface area contributed by atoms with Gasteiger partial charge < -0.3 is 19.9 Å². The zero-order chi connectivity index (χ0) is 25.3. The van der Waals surface area contributed by atoms with Crippen molar-refractivity contribution in [3.63, 3.8) is 0 Å². The van der Waals surface area contributed by atoms with Gasteiger partial charge in [0.15, 0.2) is 0 Å². The van der Waals surface area contributed by atoms with E-state index in [0.29, 0.717) is 22.4 Å². The fourth-order valence-corrected chi connectivity index (χ4v) is 3.29. The first-order chi connectivity index (χ1) is 16.7. The Labute approximate surface area is 201 Å². The number of alkyl halides is 3. The minimum absolute atomic E-state index is 0.284. The summed E-state index contributed by atoms with van der Waals surface area (Å²) in [5.74, 6) is -0.951. The summed E-state index contributed by atoms with van der Waals surface area (Å²) >= 11 is 0. The molecule has 0 radical (unpaired) electrons. The third-order valence-electron chi connectivity index (χ3n) is 5.04. The lowest BCUT2D eigenvalue weighted by molar-refractivity contribution is -0.274. The zero-order valence-electron chi connectivity index (χ0n) is 19.1. The smallest absolute Gasteiger partial charge is 0.488 e. The number of benzene rings is 3. The Bertz CT molecular complexity index is 1140. The van der Waals surface area contributed by atoms with Crippen LogP contribution in [0, 0.1) is 0 Å². The van der Waals surface area contributed by atoms with Crippen LogP contribution in [0.5, 0.6) is 11.5 Å². The molecule has 0 aromatic heterocycles. The Hall–Kier alpha value is -3.94. The first-order valence-electron chi connectivity index (χ1n) is 11.1. The maximum absolute atomic E-state index is 12.4. The summed E-state index contributed by atoms with van der Waals surface area (Å²) < 4.78 is 47.0. The lowest BCUT2D eigenvalue weighted by atomic mass is 10.0. The monoisotopic (exact) mass is 485 g/mol. The predicted octanol–water partition coefficient (Wildman–Crippen LogP) is 7.14. The molecule has 8 heteroatoms. The van der Waals surface area contributed by atoms with Crippen LogP contribution >= 0.6 is 0 Å². The number of carbonyl (C=O) groups is 1. The first-order valence-corrected chi connectivity index (χ1v) is 11.1. The predicted molar refractivity (Wildman–Crippen MR) is 129 cm³/mol. The SMILES string of the molecule is CCCCNc1ccc(COc2ccc(-c3ccc(OC(F)(F)F)cc3)cc2/C=C/C(=O)O)cc1.